The van der Waals surface area contributed by atoms with E-state index in [-0.39, 0.29) is 6.10 Å². The van der Waals surface area contributed by atoms with Crippen LogP contribution in [0.2, 0.25) is 0 Å². The number of fused-ring (bicyclic) bond motifs is 5. The maximum atomic E-state index is 10.3. The monoisotopic (exact) mass is 300 g/mol. The van der Waals surface area contributed by atoms with E-state index in [1.54, 1.807) is 0 Å². The molecule has 0 spiro atoms. The molecule has 1 heteroatoms. The van der Waals surface area contributed by atoms with Crippen molar-refractivity contribution in [2.45, 2.75) is 77.7 Å². The Kier molecular flexibility index (Phi) is 3.43. The van der Waals surface area contributed by atoms with Gasteiger partial charge in [0.2, 0.25) is 0 Å². The third-order valence-electron chi connectivity index (χ3n) is 8.79. The molecule has 122 valence electrons. The van der Waals surface area contributed by atoms with E-state index in [2.05, 4.69) is 19.8 Å². The molecule has 0 heterocycles. The maximum Gasteiger partial charge on any atom is 0.0545 e. The second-order valence-electron chi connectivity index (χ2n) is 9.43. The average molecular weight is 300 g/mol. The molecule has 8 atom stereocenters. The zero-order valence-corrected chi connectivity index (χ0v) is 14.4. The van der Waals surface area contributed by atoms with Gasteiger partial charge >= 0.3 is 0 Å². The molecule has 0 amide bonds. The molecule has 4 rings (SSSR count). The second-order valence-corrected chi connectivity index (χ2v) is 9.43. The summed E-state index contributed by atoms with van der Waals surface area (Å²) in [6, 6.07) is 0. The Balaban J connectivity index is 1.64. The number of terminal acetylenes is 1. The predicted molar refractivity (Wildman–Crippen MR) is 90.1 cm³/mol. The molecule has 4 saturated carbocycles. The van der Waals surface area contributed by atoms with Crippen LogP contribution in [-0.4, -0.2) is 11.2 Å². The van der Waals surface area contributed by atoms with Gasteiger partial charge < -0.3 is 5.11 Å². The molecule has 22 heavy (non-hydrogen) atoms. The normalized spacial score (nSPS) is 57.4. The van der Waals surface area contributed by atoms with E-state index in [1.807, 2.05) is 0 Å². The zero-order chi connectivity index (χ0) is 15.5. The van der Waals surface area contributed by atoms with Crippen LogP contribution in [0.4, 0.5) is 0 Å². The van der Waals surface area contributed by atoms with E-state index in [1.165, 1.54) is 44.9 Å². The summed E-state index contributed by atoms with van der Waals surface area (Å²) in [5.74, 6) is 7.09. The topological polar surface area (TPSA) is 20.2 Å². The van der Waals surface area contributed by atoms with Gasteiger partial charge in [-0.1, -0.05) is 13.8 Å². The van der Waals surface area contributed by atoms with Crippen LogP contribution >= 0.6 is 0 Å². The highest BCUT2D eigenvalue weighted by Gasteiger charge is 2.59. The van der Waals surface area contributed by atoms with Gasteiger partial charge in [0.1, 0.15) is 0 Å². The van der Waals surface area contributed by atoms with Crippen molar-refractivity contribution in [2.24, 2.45) is 40.4 Å². The molecule has 1 N–H and O–H groups in total. The van der Waals surface area contributed by atoms with Crippen LogP contribution in [-0.2, 0) is 0 Å². The SMILES string of the molecule is C#CC1CC[C@H]2[C@@H]3CCC4CCC(O)C[C@]4(C)[C@@H]3CC[C@]12C. The lowest BCUT2D eigenvalue weighted by atomic mass is 9.44. The molecule has 0 aromatic heterocycles. The van der Waals surface area contributed by atoms with E-state index in [9.17, 15) is 5.11 Å². The van der Waals surface area contributed by atoms with Gasteiger partial charge in [-0.2, -0.15) is 0 Å². The van der Waals surface area contributed by atoms with E-state index >= 15 is 0 Å². The fraction of sp³-hybridized carbons (Fsp3) is 0.905. The smallest absolute Gasteiger partial charge is 0.0545 e. The summed E-state index contributed by atoms with van der Waals surface area (Å²) in [6.07, 6.45) is 17.3. The van der Waals surface area contributed by atoms with Gasteiger partial charge in [0, 0.05) is 5.92 Å². The summed E-state index contributed by atoms with van der Waals surface area (Å²) >= 11 is 0. The summed E-state index contributed by atoms with van der Waals surface area (Å²) in [6.45, 7) is 5.02. The van der Waals surface area contributed by atoms with Crippen molar-refractivity contribution in [3.63, 3.8) is 0 Å². The number of hydrogen-bond acceptors (Lipinski definition) is 1. The van der Waals surface area contributed by atoms with E-state index in [4.69, 9.17) is 6.42 Å². The minimum atomic E-state index is -0.0460. The molecule has 0 bridgehead atoms. The lowest BCUT2D eigenvalue weighted by Crippen LogP contribution is -2.54. The van der Waals surface area contributed by atoms with Crippen LogP contribution in [0.3, 0.4) is 0 Å². The zero-order valence-electron chi connectivity index (χ0n) is 14.4. The van der Waals surface area contributed by atoms with Crippen molar-refractivity contribution in [1.29, 1.82) is 0 Å². The first-order valence-corrected chi connectivity index (χ1v) is 9.63. The van der Waals surface area contributed by atoms with Crippen molar-refractivity contribution in [3.8, 4) is 12.3 Å². The fourth-order valence-electron chi connectivity index (χ4n) is 7.60. The number of aliphatic hydroxyl groups is 1. The van der Waals surface area contributed by atoms with Gasteiger partial charge in [-0.25, -0.2) is 0 Å². The molecule has 0 aliphatic heterocycles. The fourth-order valence-corrected chi connectivity index (χ4v) is 7.60. The number of hydrogen-bond donors (Lipinski definition) is 1. The van der Waals surface area contributed by atoms with Gasteiger partial charge in [0.05, 0.1) is 6.10 Å². The molecular weight excluding hydrogens is 268 g/mol. The first-order chi connectivity index (χ1) is 10.5. The molecule has 1 nitrogen and oxygen atoms in total. The Labute approximate surface area is 136 Å². The van der Waals surface area contributed by atoms with Crippen LogP contribution in [0.5, 0.6) is 0 Å². The van der Waals surface area contributed by atoms with Crippen molar-refractivity contribution in [2.75, 3.05) is 0 Å². The first-order valence-electron chi connectivity index (χ1n) is 9.63. The molecule has 0 radical (unpaired) electrons. The minimum Gasteiger partial charge on any atom is -0.393 e. The van der Waals surface area contributed by atoms with E-state index < -0.39 is 0 Å². The molecular formula is C21H32O. The summed E-state index contributed by atoms with van der Waals surface area (Å²) in [4.78, 5) is 0. The number of rotatable bonds is 0. The Morgan fingerprint density at radius 1 is 0.909 bits per heavy atom. The molecule has 3 unspecified atom stereocenters. The van der Waals surface area contributed by atoms with E-state index in [0.29, 0.717) is 16.7 Å². The van der Waals surface area contributed by atoms with Crippen LogP contribution in [0.15, 0.2) is 0 Å². The largest absolute Gasteiger partial charge is 0.393 e. The van der Waals surface area contributed by atoms with Gasteiger partial charge in [-0.15, -0.1) is 12.3 Å². The molecule has 4 aliphatic carbocycles. The Hall–Kier alpha value is -0.480. The molecule has 0 aromatic rings. The van der Waals surface area contributed by atoms with Crippen LogP contribution in [0.25, 0.3) is 0 Å². The quantitative estimate of drug-likeness (QED) is 0.646. The summed E-state index contributed by atoms with van der Waals surface area (Å²) in [5.41, 5.74) is 0.808. The summed E-state index contributed by atoms with van der Waals surface area (Å²) in [5, 5.41) is 10.3. The van der Waals surface area contributed by atoms with Crippen molar-refractivity contribution >= 4 is 0 Å². The van der Waals surface area contributed by atoms with Gasteiger partial charge in [0.15, 0.2) is 0 Å². The standard InChI is InChI=1S/C21H32O/c1-4-14-7-10-18-17-9-6-15-5-8-16(22)13-21(15,3)19(17)11-12-20(14,18)2/h1,14-19,22H,5-13H2,2-3H3/t14?,15?,16?,17-,18-,19+,20+,21-/m0/s1. The van der Waals surface area contributed by atoms with E-state index in [0.717, 1.165) is 36.5 Å². The highest BCUT2D eigenvalue weighted by Crippen LogP contribution is 2.67. The molecule has 4 aliphatic rings. The van der Waals surface area contributed by atoms with Crippen LogP contribution in [0, 0.1) is 52.8 Å². The predicted octanol–water partition coefficient (Wildman–Crippen LogP) is 4.64. The lowest BCUT2D eigenvalue weighted by Gasteiger charge is -2.60. The maximum absolute atomic E-state index is 10.3. The van der Waals surface area contributed by atoms with Gasteiger partial charge in [0.25, 0.3) is 0 Å². The Bertz CT molecular complexity index is 491. The summed E-state index contributed by atoms with van der Waals surface area (Å²) in [7, 11) is 0. The third-order valence-corrected chi connectivity index (χ3v) is 8.79. The highest BCUT2D eigenvalue weighted by molar-refractivity contribution is 5.14. The summed E-state index contributed by atoms with van der Waals surface area (Å²) < 4.78 is 0. The number of aliphatic hydroxyl groups excluding tert-OH is 1. The Morgan fingerprint density at radius 2 is 1.64 bits per heavy atom. The lowest BCUT2D eigenvalue weighted by molar-refractivity contribution is -0.127. The van der Waals surface area contributed by atoms with Crippen molar-refractivity contribution < 1.29 is 5.11 Å². The third kappa shape index (κ3) is 1.89. The average Bonchev–Trinajstić information content (AvgIpc) is 2.82. The van der Waals surface area contributed by atoms with Crippen LogP contribution in [0.1, 0.15) is 71.6 Å². The van der Waals surface area contributed by atoms with Crippen molar-refractivity contribution in [3.05, 3.63) is 0 Å². The minimum absolute atomic E-state index is 0.0460. The molecule has 0 saturated heterocycles. The highest BCUT2D eigenvalue weighted by atomic mass is 16.3. The molecule has 4 fully saturated rings. The van der Waals surface area contributed by atoms with Crippen LogP contribution < -0.4 is 0 Å². The van der Waals surface area contributed by atoms with Gasteiger partial charge in [-0.3, -0.25) is 0 Å². The second kappa shape index (κ2) is 5.01. The van der Waals surface area contributed by atoms with Gasteiger partial charge in [-0.05, 0) is 92.3 Å². The Morgan fingerprint density at radius 3 is 2.41 bits per heavy atom. The first kappa shape index (κ1) is 15.1. The van der Waals surface area contributed by atoms with Crippen molar-refractivity contribution in [1.82, 2.24) is 0 Å². The molecule has 0 aromatic carbocycles.